The summed E-state index contributed by atoms with van der Waals surface area (Å²) in [6.07, 6.45) is -6.10. The van der Waals surface area contributed by atoms with E-state index in [0.29, 0.717) is 0 Å². The van der Waals surface area contributed by atoms with E-state index in [4.69, 9.17) is 10.8 Å². The zero-order chi connectivity index (χ0) is 13.6. The van der Waals surface area contributed by atoms with E-state index in [0.717, 1.165) is 0 Å². The maximum absolute atomic E-state index is 11.7. The molecule has 0 rings (SSSR count). The fraction of sp³-hybridized carbons (Fsp3) is 0.750. The minimum absolute atomic E-state index is 0.457. The number of esters is 1. The minimum Gasteiger partial charge on any atom is -0.463 e. The van der Waals surface area contributed by atoms with Crippen LogP contribution in [0.2, 0.25) is 0 Å². The first-order valence-corrected chi connectivity index (χ1v) is 4.61. The van der Waals surface area contributed by atoms with Gasteiger partial charge in [0.1, 0.15) is 12.6 Å². The van der Waals surface area contributed by atoms with Gasteiger partial charge in [0.05, 0.1) is 12.6 Å². The molecule has 100 valence electrons. The summed E-state index contributed by atoms with van der Waals surface area (Å²) in [7, 11) is 0. The second kappa shape index (κ2) is 6.40. The van der Waals surface area contributed by atoms with Gasteiger partial charge in [0.2, 0.25) is 0 Å². The number of aliphatic hydroxyl groups is 1. The molecule has 0 aliphatic rings. The van der Waals surface area contributed by atoms with Crippen LogP contribution in [-0.4, -0.2) is 48.5 Å². The molecule has 4 N–H and O–H groups in total. The molecule has 0 heterocycles. The number of halogens is 3. The van der Waals surface area contributed by atoms with Gasteiger partial charge in [-0.1, -0.05) is 0 Å². The Bertz CT molecular complexity index is 280. The molecule has 0 saturated heterocycles. The largest absolute Gasteiger partial charge is 0.471 e. The lowest BCUT2D eigenvalue weighted by molar-refractivity contribution is -0.174. The van der Waals surface area contributed by atoms with E-state index in [1.165, 1.54) is 12.2 Å². The van der Waals surface area contributed by atoms with Crippen LogP contribution in [0.15, 0.2) is 0 Å². The number of hydrogen-bond donors (Lipinski definition) is 3. The van der Waals surface area contributed by atoms with E-state index in [-0.39, 0.29) is 0 Å². The summed E-state index contributed by atoms with van der Waals surface area (Å²) in [5.74, 6) is -3.07. The number of ether oxygens (including phenoxy) is 1. The Morgan fingerprint density at radius 1 is 1.47 bits per heavy atom. The van der Waals surface area contributed by atoms with Crippen LogP contribution in [-0.2, 0) is 14.3 Å². The predicted octanol–water partition coefficient (Wildman–Crippen LogP) is -1.08. The molecular formula is C8H13F3N2O4. The van der Waals surface area contributed by atoms with Crippen LogP contribution in [0.1, 0.15) is 6.92 Å². The summed E-state index contributed by atoms with van der Waals surface area (Å²) in [6, 6.07) is -1.27. The Labute approximate surface area is 94.9 Å². The quantitative estimate of drug-likeness (QED) is 0.430. The zero-order valence-electron chi connectivity index (χ0n) is 8.95. The monoisotopic (exact) mass is 258 g/mol. The number of hydrogen-bond acceptors (Lipinski definition) is 5. The van der Waals surface area contributed by atoms with Gasteiger partial charge in [-0.25, -0.2) is 0 Å². The van der Waals surface area contributed by atoms with Crippen molar-refractivity contribution in [2.24, 2.45) is 5.73 Å². The van der Waals surface area contributed by atoms with Gasteiger partial charge in [-0.2, -0.15) is 13.2 Å². The molecular weight excluding hydrogens is 245 g/mol. The lowest BCUT2D eigenvalue weighted by Gasteiger charge is -2.14. The van der Waals surface area contributed by atoms with Crippen molar-refractivity contribution < 1.29 is 32.6 Å². The predicted molar refractivity (Wildman–Crippen MR) is 49.7 cm³/mol. The average Bonchev–Trinajstić information content (AvgIpc) is 2.20. The van der Waals surface area contributed by atoms with Crippen molar-refractivity contribution >= 4 is 11.9 Å². The second-order valence-corrected chi connectivity index (χ2v) is 3.19. The molecule has 0 saturated carbocycles. The van der Waals surface area contributed by atoms with E-state index in [1.54, 1.807) is 0 Å². The number of nitrogens with one attached hydrogen (secondary N) is 1. The number of aliphatic hydroxyl groups excluding tert-OH is 1. The molecule has 0 unspecified atom stereocenters. The number of amides is 1. The highest BCUT2D eigenvalue weighted by molar-refractivity contribution is 5.81. The number of carbonyl (C=O) groups is 2. The fourth-order valence-electron chi connectivity index (χ4n) is 0.710. The molecule has 2 atom stereocenters. The molecule has 6 nitrogen and oxygen atoms in total. The smallest absolute Gasteiger partial charge is 0.463 e. The molecule has 1 amide bonds. The normalized spacial score (nSPS) is 14.9. The molecule has 0 aromatic heterocycles. The third kappa shape index (κ3) is 6.07. The van der Waals surface area contributed by atoms with Crippen LogP contribution in [0.25, 0.3) is 0 Å². The van der Waals surface area contributed by atoms with Crippen molar-refractivity contribution in [2.75, 3.05) is 13.2 Å². The molecule has 0 fully saturated rings. The first-order chi connectivity index (χ1) is 7.66. The Hall–Kier alpha value is -1.35. The Morgan fingerprint density at radius 3 is 2.41 bits per heavy atom. The molecule has 0 spiro atoms. The molecule has 0 radical (unpaired) electrons. The van der Waals surface area contributed by atoms with E-state index in [1.807, 2.05) is 0 Å². The van der Waals surface area contributed by atoms with Crippen molar-refractivity contribution in [3.63, 3.8) is 0 Å². The number of carbonyl (C=O) groups excluding carboxylic acids is 2. The number of nitrogens with two attached hydrogens (primary N) is 1. The van der Waals surface area contributed by atoms with Gasteiger partial charge in [0.15, 0.2) is 0 Å². The van der Waals surface area contributed by atoms with Crippen LogP contribution in [0.3, 0.4) is 0 Å². The highest BCUT2D eigenvalue weighted by Gasteiger charge is 2.38. The summed E-state index contributed by atoms with van der Waals surface area (Å²) >= 11 is 0. The lowest BCUT2D eigenvalue weighted by atomic mass is 10.2. The van der Waals surface area contributed by atoms with Crippen LogP contribution in [0.4, 0.5) is 13.2 Å². The first kappa shape index (κ1) is 15.7. The zero-order valence-corrected chi connectivity index (χ0v) is 8.95. The van der Waals surface area contributed by atoms with Gasteiger partial charge < -0.3 is 20.9 Å². The average molecular weight is 258 g/mol. The molecule has 0 bridgehead atoms. The van der Waals surface area contributed by atoms with Gasteiger partial charge in [0, 0.05) is 0 Å². The van der Waals surface area contributed by atoms with Crippen LogP contribution >= 0.6 is 0 Å². The summed E-state index contributed by atoms with van der Waals surface area (Å²) in [6.45, 7) is 0.315. The maximum Gasteiger partial charge on any atom is 0.471 e. The lowest BCUT2D eigenvalue weighted by Crippen LogP contribution is -2.43. The first-order valence-electron chi connectivity index (χ1n) is 4.61. The Kier molecular flexibility index (Phi) is 5.89. The van der Waals surface area contributed by atoms with Crippen molar-refractivity contribution in [3.05, 3.63) is 0 Å². The standard InChI is InChI=1S/C8H13F3N2O4/c1-4(14)5(12)6(15)17-3-2-13-7(16)8(9,10)11/h4-5,14H,2-3,12H2,1H3,(H,13,16)/t4-,5+/m1/s1. The molecule has 9 heteroatoms. The molecule has 17 heavy (non-hydrogen) atoms. The van der Waals surface area contributed by atoms with E-state index < -0.39 is 43.4 Å². The van der Waals surface area contributed by atoms with Gasteiger partial charge in [-0.15, -0.1) is 0 Å². The molecule has 0 aromatic rings. The third-order valence-corrected chi connectivity index (χ3v) is 1.68. The fourth-order valence-corrected chi connectivity index (χ4v) is 0.710. The second-order valence-electron chi connectivity index (χ2n) is 3.19. The number of alkyl halides is 3. The van der Waals surface area contributed by atoms with Crippen molar-refractivity contribution in [2.45, 2.75) is 25.2 Å². The van der Waals surface area contributed by atoms with E-state index >= 15 is 0 Å². The SMILES string of the molecule is C[C@@H](O)[C@H](N)C(=O)OCCNC(=O)C(F)(F)F. The van der Waals surface area contributed by atoms with Crippen molar-refractivity contribution in [1.82, 2.24) is 5.32 Å². The highest BCUT2D eigenvalue weighted by atomic mass is 19.4. The van der Waals surface area contributed by atoms with E-state index in [2.05, 4.69) is 4.74 Å². The summed E-state index contributed by atoms with van der Waals surface area (Å²) in [4.78, 5) is 21.3. The van der Waals surface area contributed by atoms with Gasteiger partial charge in [-0.3, -0.25) is 9.59 Å². The number of rotatable bonds is 5. The van der Waals surface area contributed by atoms with Gasteiger partial charge in [-0.05, 0) is 6.92 Å². The summed E-state index contributed by atoms with van der Waals surface area (Å²) in [5.41, 5.74) is 5.18. The van der Waals surface area contributed by atoms with Crippen LogP contribution in [0, 0.1) is 0 Å². The highest BCUT2D eigenvalue weighted by Crippen LogP contribution is 2.13. The molecule has 0 aromatic carbocycles. The van der Waals surface area contributed by atoms with Gasteiger partial charge >= 0.3 is 18.1 Å². The van der Waals surface area contributed by atoms with Crippen LogP contribution < -0.4 is 11.1 Å². The summed E-state index contributed by atoms with van der Waals surface area (Å²) < 4.78 is 39.5. The minimum atomic E-state index is -4.97. The van der Waals surface area contributed by atoms with Crippen molar-refractivity contribution in [3.8, 4) is 0 Å². The van der Waals surface area contributed by atoms with Gasteiger partial charge in [0.25, 0.3) is 0 Å². The third-order valence-electron chi connectivity index (χ3n) is 1.68. The topological polar surface area (TPSA) is 102 Å². The van der Waals surface area contributed by atoms with Crippen LogP contribution in [0.5, 0.6) is 0 Å². The molecule has 0 aliphatic heterocycles. The maximum atomic E-state index is 11.7. The molecule has 0 aliphatic carbocycles. The summed E-state index contributed by atoms with van der Waals surface area (Å²) in [5, 5.41) is 10.4. The van der Waals surface area contributed by atoms with Crippen molar-refractivity contribution in [1.29, 1.82) is 0 Å². The van der Waals surface area contributed by atoms with E-state index in [9.17, 15) is 22.8 Å². The Morgan fingerprint density at radius 2 is 2.00 bits per heavy atom. The Balaban J connectivity index is 3.80.